The number of hydrogen-bond donors (Lipinski definition) is 0. The summed E-state index contributed by atoms with van der Waals surface area (Å²) >= 11 is 0. The lowest BCUT2D eigenvalue weighted by Crippen LogP contribution is -2.46. The highest BCUT2D eigenvalue weighted by molar-refractivity contribution is 6.24. The number of carbonyl (C=O) groups is 3. The van der Waals surface area contributed by atoms with Gasteiger partial charge in [0.2, 0.25) is 11.8 Å². The molecule has 5 rings (SSSR count). The Kier molecular flexibility index (Phi) is 4.43. The van der Waals surface area contributed by atoms with Gasteiger partial charge in [0.05, 0.1) is 30.7 Å². The number of carbonyl (C=O) groups excluding carboxylic acids is 3. The average Bonchev–Trinajstić information content (AvgIpc) is 3.27. The minimum atomic E-state index is -0.974. The van der Waals surface area contributed by atoms with Crippen molar-refractivity contribution in [2.75, 3.05) is 12.0 Å². The fourth-order valence-corrected chi connectivity index (χ4v) is 4.63. The van der Waals surface area contributed by atoms with Crippen LogP contribution < -0.4 is 9.64 Å². The van der Waals surface area contributed by atoms with Crippen LogP contribution in [0.15, 0.2) is 65.8 Å². The molecule has 2 saturated heterocycles. The van der Waals surface area contributed by atoms with E-state index in [9.17, 15) is 18.8 Å². The first-order valence-electron chi connectivity index (χ1n) is 9.82. The smallest absolute Gasteiger partial charge is 0.240 e. The van der Waals surface area contributed by atoms with E-state index in [0.29, 0.717) is 11.3 Å². The molecule has 156 valence electrons. The lowest BCUT2D eigenvalue weighted by molar-refractivity contribution is -0.123. The SMILES string of the molecule is COc1ccc(C(=O)[C@@H]2[C@@H]3C(=O)N(c4ccccc4F)C(=O)[C@@H]3[C@H]3C=CC=NN32)cc1. The van der Waals surface area contributed by atoms with E-state index in [4.69, 9.17) is 4.74 Å². The van der Waals surface area contributed by atoms with Crippen molar-refractivity contribution in [3.8, 4) is 5.75 Å². The van der Waals surface area contributed by atoms with Gasteiger partial charge in [-0.2, -0.15) is 5.10 Å². The number of benzene rings is 2. The third-order valence-electron chi connectivity index (χ3n) is 6.03. The van der Waals surface area contributed by atoms with Gasteiger partial charge in [-0.3, -0.25) is 19.4 Å². The molecule has 2 aromatic rings. The zero-order valence-corrected chi connectivity index (χ0v) is 16.5. The number of halogens is 1. The molecule has 3 aliphatic rings. The van der Waals surface area contributed by atoms with Crippen LogP contribution in [0.3, 0.4) is 0 Å². The van der Waals surface area contributed by atoms with Crippen molar-refractivity contribution in [1.82, 2.24) is 5.01 Å². The van der Waals surface area contributed by atoms with Crippen LogP contribution in [0.1, 0.15) is 10.4 Å². The van der Waals surface area contributed by atoms with Gasteiger partial charge in [0.1, 0.15) is 17.6 Å². The molecule has 8 heteroatoms. The molecule has 2 fully saturated rings. The molecule has 3 heterocycles. The van der Waals surface area contributed by atoms with E-state index in [1.165, 1.54) is 36.5 Å². The number of hydrogen-bond acceptors (Lipinski definition) is 6. The highest BCUT2D eigenvalue weighted by Gasteiger charge is 2.64. The Balaban J connectivity index is 1.57. The van der Waals surface area contributed by atoms with Crippen molar-refractivity contribution >= 4 is 29.5 Å². The zero-order chi connectivity index (χ0) is 21.7. The van der Waals surface area contributed by atoms with E-state index >= 15 is 0 Å². The number of ether oxygens (including phenoxy) is 1. The summed E-state index contributed by atoms with van der Waals surface area (Å²) in [5, 5.41) is 5.82. The number of rotatable bonds is 4. The maximum atomic E-state index is 14.4. The van der Waals surface area contributed by atoms with E-state index in [1.807, 2.05) is 0 Å². The van der Waals surface area contributed by atoms with Crippen molar-refractivity contribution in [3.63, 3.8) is 0 Å². The van der Waals surface area contributed by atoms with E-state index in [2.05, 4.69) is 5.10 Å². The summed E-state index contributed by atoms with van der Waals surface area (Å²) in [6.45, 7) is 0. The Morgan fingerprint density at radius 3 is 2.45 bits per heavy atom. The maximum Gasteiger partial charge on any atom is 0.240 e. The van der Waals surface area contributed by atoms with Gasteiger partial charge in [-0.15, -0.1) is 0 Å². The number of fused-ring (bicyclic) bond motifs is 3. The van der Waals surface area contributed by atoms with Crippen LogP contribution in [0.4, 0.5) is 10.1 Å². The number of para-hydroxylation sites is 1. The summed E-state index contributed by atoms with van der Waals surface area (Å²) < 4.78 is 19.6. The summed E-state index contributed by atoms with van der Waals surface area (Å²) in [6, 6.07) is 10.6. The number of amides is 2. The minimum absolute atomic E-state index is 0.0996. The van der Waals surface area contributed by atoms with Crippen LogP contribution in [0, 0.1) is 17.7 Å². The van der Waals surface area contributed by atoms with Crippen LogP contribution in [-0.2, 0) is 9.59 Å². The number of hydrazone groups is 1. The quantitative estimate of drug-likeness (QED) is 0.562. The number of methoxy groups -OCH3 is 1. The number of nitrogens with zero attached hydrogens (tertiary/aromatic N) is 3. The van der Waals surface area contributed by atoms with Gasteiger partial charge in [-0.05, 0) is 42.5 Å². The molecular weight excluding hydrogens is 401 g/mol. The summed E-state index contributed by atoms with van der Waals surface area (Å²) in [5.74, 6) is -3.32. The monoisotopic (exact) mass is 419 g/mol. The molecule has 31 heavy (non-hydrogen) atoms. The lowest BCUT2D eigenvalue weighted by atomic mass is 9.86. The third-order valence-corrected chi connectivity index (χ3v) is 6.03. The first-order chi connectivity index (χ1) is 15.0. The summed E-state index contributed by atoms with van der Waals surface area (Å²) in [4.78, 5) is 41.0. The topological polar surface area (TPSA) is 79.3 Å². The molecular formula is C23H18FN3O4. The van der Waals surface area contributed by atoms with Gasteiger partial charge in [-0.25, -0.2) is 9.29 Å². The molecule has 7 nitrogen and oxygen atoms in total. The highest BCUT2D eigenvalue weighted by atomic mass is 19.1. The Morgan fingerprint density at radius 2 is 1.74 bits per heavy atom. The van der Waals surface area contributed by atoms with Crippen LogP contribution >= 0.6 is 0 Å². The maximum absolute atomic E-state index is 14.4. The Hall–Kier alpha value is -3.81. The van der Waals surface area contributed by atoms with Crippen LogP contribution in [0.5, 0.6) is 5.75 Å². The highest BCUT2D eigenvalue weighted by Crippen LogP contribution is 2.46. The van der Waals surface area contributed by atoms with Crippen molar-refractivity contribution in [2.24, 2.45) is 16.9 Å². The van der Waals surface area contributed by atoms with E-state index in [1.54, 1.807) is 42.5 Å². The second-order valence-electron chi connectivity index (χ2n) is 7.57. The molecule has 0 unspecified atom stereocenters. The van der Waals surface area contributed by atoms with Crippen LogP contribution in [0.2, 0.25) is 0 Å². The molecule has 3 aliphatic heterocycles. The summed E-state index contributed by atoms with van der Waals surface area (Å²) in [6.07, 6.45) is 4.96. The third kappa shape index (κ3) is 2.78. The predicted octanol–water partition coefficient (Wildman–Crippen LogP) is 2.43. The second-order valence-corrected chi connectivity index (χ2v) is 7.57. The molecule has 0 saturated carbocycles. The van der Waals surface area contributed by atoms with Crippen molar-refractivity contribution in [1.29, 1.82) is 0 Å². The van der Waals surface area contributed by atoms with Crippen molar-refractivity contribution in [2.45, 2.75) is 12.1 Å². The molecule has 2 amide bonds. The largest absolute Gasteiger partial charge is 0.497 e. The zero-order valence-electron chi connectivity index (χ0n) is 16.5. The Bertz CT molecular complexity index is 1140. The fourth-order valence-electron chi connectivity index (χ4n) is 4.63. The van der Waals surface area contributed by atoms with Crippen LogP contribution in [0.25, 0.3) is 0 Å². The van der Waals surface area contributed by atoms with Gasteiger partial charge in [0.25, 0.3) is 0 Å². The molecule has 0 aromatic heterocycles. The lowest BCUT2D eigenvalue weighted by Gasteiger charge is -2.30. The van der Waals surface area contributed by atoms with Gasteiger partial charge < -0.3 is 4.74 Å². The first kappa shape index (κ1) is 19.2. The number of ketones is 1. The van der Waals surface area contributed by atoms with Crippen molar-refractivity contribution < 1.29 is 23.5 Å². The number of Topliss-reactive ketones (excluding diaryl/α,β-unsaturated/α-hetero) is 1. The molecule has 0 aliphatic carbocycles. The predicted molar refractivity (Wildman–Crippen MR) is 110 cm³/mol. The standard InChI is InChI=1S/C23H18FN3O4/c1-31-14-10-8-13(9-11-14)21(28)20-19-18(17-7-4-12-25-27(17)20)22(29)26(23(19)30)16-6-3-2-5-15(16)24/h2-12,17-20H,1H3/t17-,18-,19-,20+/m1/s1. The van der Waals surface area contributed by atoms with Crippen molar-refractivity contribution in [3.05, 3.63) is 72.1 Å². The normalized spacial score (nSPS) is 26.3. The Labute approximate surface area is 177 Å². The summed E-state index contributed by atoms with van der Waals surface area (Å²) in [7, 11) is 1.53. The molecule has 4 atom stereocenters. The number of anilines is 1. The van der Waals surface area contributed by atoms with Gasteiger partial charge in [-0.1, -0.05) is 18.2 Å². The van der Waals surface area contributed by atoms with Gasteiger partial charge >= 0.3 is 0 Å². The first-order valence-corrected chi connectivity index (χ1v) is 9.82. The van der Waals surface area contributed by atoms with Gasteiger partial charge in [0.15, 0.2) is 5.78 Å². The summed E-state index contributed by atoms with van der Waals surface area (Å²) in [5.41, 5.74) is 0.275. The molecule has 0 radical (unpaired) electrons. The van der Waals surface area contributed by atoms with E-state index < -0.39 is 41.6 Å². The van der Waals surface area contributed by atoms with Gasteiger partial charge in [0, 0.05) is 11.8 Å². The molecule has 0 N–H and O–H groups in total. The van der Waals surface area contributed by atoms with E-state index in [0.717, 1.165) is 4.90 Å². The van der Waals surface area contributed by atoms with E-state index in [-0.39, 0.29) is 11.5 Å². The Morgan fingerprint density at radius 1 is 1.03 bits per heavy atom. The second kappa shape index (κ2) is 7.16. The van der Waals surface area contributed by atoms with Crippen LogP contribution in [-0.4, -0.2) is 48.0 Å². The minimum Gasteiger partial charge on any atom is -0.497 e. The molecule has 2 aromatic carbocycles. The fraction of sp³-hybridized carbons (Fsp3) is 0.217. The molecule has 0 spiro atoms. The molecule has 0 bridgehead atoms. The number of allylic oxidation sites excluding steroid dienone is 1. The average molecular weight is 419 g/mol. The number of imide groups is 1.